The SMILES string of the molecule is COCCOCCOCCOCCOCCOCCOCCOCCn1cc(CO)nn1. The van der Waals surface area contributed by atoms with Gasteiger partial charge in [0.05, 0.1) is 118 Å². The van der Waals surface area contributed by atoms with Crippen LogP contribution in [0.1, 0.15) is 5.69 Å². The molecule has 0 aromatic carbocycles. The normalized spacial score (nSPS) is 11.4. The number of hydrogen-bond donors (Lipinski definition) is 1. The van der Waals surface area contributed by atoms with E-state index in [-0.39, 0.29) is 6.61 Å². The molecule has 0 saturated carbocycles. The second-order valence-corrected chi connectivity index (χ2v) is 6.41. The van der Waals surface area contributed by atoms with Crippen molar-refractivity contribution in [1.29, 1.82) is 0 Å². The topological polar surface area (TPSA) is 125 Å². The lowest BCUT2D eigenvalue weighted by atomic mass is 10.5. The first-order valence-corrected chi connectivity index (χ1v) is 10.9. The van der Waals surface area contributed by atoms with Gasteiger partial charge in [0.15, 0.2) is 0 Å². The van der Waals surface area contributed by atoms with E-state index >= 15 is 0 Å². The molecule has 188 valence electrons. The molecule has 1 N–H and O–H groups in total. The van der Waals surface area contributed by atoms with Gasteiger partial charge in [0.1, 0.15) is 5.69 Å². The van der Waals surface area contributed by atoms with E-state index in [0.717, 1.165) is 0 Å². The largest absolute Gasteiger partial charge is 0.390 e. The molecule has 0 amide bonds. The molecule has 0 unspecified atom stereocenters. The highest BCUT2D eigenvalue weighted by Crippen LogP contribution is 1.92. The van der Waals surface area contributed by atoms with Gasteiger partial charge in [-0.3, -0.25) is 0 Å². The Balaban J connectivity index is 1.67. The molecule has 12 heteroatoms. The highest BCUT2D eigenvalue weighted by molar-refractivity contribution is 4.88. The molecule has 0 aliphatic carbocycles. The molecule has 0 atom stereocenters. The zero-order valence-electron chi connectivity index (χ0n) is 19.2. The van der Waals surface area contributed by atoms with Crippen LogP contribution in [0.4, 0.5) is 0 Å². The summed E-state index contributed by atoms with van der Waals surface area (Å²) in [6.45, 7) is 8.43. The van der Waals surface area contributed by atoms with Gasteiger partial charge in [0, 0.05) is 7.11 Å². The second-order valence-electron chi connectivity index (χ2n) is 6.41. The molecule has 0 saturated heterocycles. The minimum atomic E-state index is -0.110. The van der Waals surface area contributed by atoms with Crippen molar-refractivity contribution in [3.63, 3.8) is 0 Å². The van der Waals surface area contributed by atoms with Crippen LogP contribution < -0.4 is 0 Å². The molecule has 0 spiro atoms. The molecule has 0 aliphatic heterocycles. The summed E-state index contributed by atoms with van der Waals surface area (Å²) in [5.74, 6) is 0. The summed E-state index contributed by atoms with van der Waals surface area (Å²) < 4.78 is 44.3. The number of aliphatic hydroxyl groups is 1. The number of aromatic nitrogens is 3. The van der Waals surface area contributed by atoms with Gasteiger partial charge in [-0.05, 0) is 0 Å². The van der Waals surface area contributed by atoms with Gasteiger partial charge in [-0.1, -0.05) is 5.21 Å². The zero-order chi connectivity index (χ0) is 23.0. The van der Waals surface area contributed by atoms with Crippen LogP contribution in [-0.4, -0.2) is 126 Å². The first kappa shape index (κ1) is 28.8. The fourth-order valence-corrected chi connectivity index (χ4v) is 2.24. The van der Waals surface area contributed by atoms with Crippen molar-refractivity contribution in [3.8, 4) is 0 Å². The van der Waals surface area contributed by atoms with Crippen molar-refractivity contribution >= 4 is 0 Å². The number of ether oxygens (including phenoxy) is 8. The number of nitrogens with zero attached hydrogens (tertiary/aromatic N) is 3. The minimum Gasteiger partial charge on any atom is -0.390 e. The van der Waals surface area contributed by atoms with Gasteiger partial charge in [-0.2, -0.15) is 0 Å². The summed E-state index contributed by atoms with van der Waals surface area (Å²) >= 11 is 0. The number of methoxy groups -OCH3 is 1. The van der Waals surface area contributed by atoms with Crippen molar-refractivity contribution in [2.75, 3.05) is 106 Å². The van der Waals surface area contributed by atoms with Crippen LogP contribution in [0.2, 0.25) is 0 Å². The number of rotatable bonds is 25. The van der Waals surface area contributed by atoms with E-state index in [1.807, 2.05) is 0 Å². The molecule has 0 fully saturated rings. The predicted molar refractivity (Wildman–Crippen MR) is 114 cm³/mol. The lowest BCUT2D eigenvalue weighted by Crippen LogP contribution is -2.15. The third kappa shape index (κ3) is 18.4. The maximum absolute atomic E-state index is 8.91. The van der Waals surface area contributed by atoms with Crippen molar-refractivity contribution in [2.45, 2.75) is 13.2 Å². The molecule has 1 aromatic rings. The van der Waals surface area contributed by atoms with Gasteiger partial charge < -0.3 is 43.0 Å². The molecule has 0 bridgehead atoms. The van der Waals surface area contributed by atoms with Gasteiger partial charge in [0.25, 0.3) is 0 Å². The Hall–Kier alpha value is -1.22. The van der Waals surface area contributed by atoms with Crippen molar-refractivity contribution in [1.82, 2.24) is 15.0 Å². The smallest absolute Gasteiger partial charge is 0.108 e. The van der Waals surface area contributed by atoms with E-state index in [0.29, 0.717) is 111 Å². The quantitative estimate of drug-likeness (QED) is 0.188. The van der Waals surface area contributed by atoms with E-state index < -0.39 is 0 Å². The maximum atomic E-state index is 8.91. The average Bonchev–Trinajstić information content (AvgIpc) is 3.27. The minimum absolute atomic E-state index is 0.110. The standard InChI is InChI=1S/C20H39N3O9/c1-25-4-5-27-8-9-29-12-13-31-16-17-32-15-14-30-11-10-28-7-6-26-3-2-23-18-20(19-24)21-22-23/h18,24H,2-17,19H2,1H3. The third-order valence-electron chi connectivity index (χ3n) is 3.88. The van der Waals surface area contributed by atoms with Crippen LogP contribution in [0.5, 0.6) is 0 Å². The molecule has 1 aromatic heterocycles. The zero-order valence-corrected chi connectivity index (χ0v) is 19.2. The molecular weight excluding hydrogens is 426 g/mol. The van der Waals surface area contributed by atoms with Gasteiger partial charge in [-0.25, -0.2) is 4.68 Å². The van der Waals surface area contributed by atoms with E-state index in [1.165, 1.54) is 0 Å². The average molecular weight is 466 g/mol. The van der Waals surface area contributed by atoms with Crippen molar-refractivity contribution < 1.29 is 43.0 Å². The maximum Gasteiger partial charge on any atom is 0.108 e. The Morgan fingerprint density at radius 1 is 0.625 bits per heavy atom. The van der Waals surface area contributed by atoms with Crippen LogP contribution in [0.25, 0.3) is 0 Å². The second kappa shape index (κ2) is 23.0. The molecule has 1 rings (SSSR count). The van der Waals surface area contributed by atoms with Crippen LogP contribution >= 0.6 is 0 Å². The molecular formula is C20H39N3O9. The van der Waals surface area contributed by atoms with E-state index in [1.54, 1.807) is 18.0 Å². The van der Waals surface area contributed by atoms with Crippen LogP contribution in [0.15, 0.2) is 6.20 Å². The highest BCUT2D eigenvalue weighted by Gasteiger charge is 1.99. The summed E-state index contributed by atoms with van der Waals surface area (Å²) in [7, 11) is 1.64. The lowest BCUT2D eigenvalue weighted by Gasteiger charge is -2.08. The van der Waals surface area contributed by atoms with E-state index in [9.17, 15) is 0 Å². The molecule has 12 nitrogen and oxygen atoms in total. The summed E-state index contributed by atoms with van der Waals surface area (Å²) in [5, 5.41) is 16.6. The highest BCUT2D eigenvalue weighted by atomic mass is 16.6. The van der Waals surface area contributed by atoms with Crippen LogP contribution in [-0.2, 0) is 51.0 Å². The molecule has 1 heterocycles. The van der Waals surface area contributed by atoms with Crippen LogP contribution in [0, 0.1) is 0 Å². The Bertz CT molecular complexity index is 508. The molecule has 32 heavy (non-hydrogen) atoms. The van der Waals surface area contributed by atoms with Gasteiger partial charge in [0.2, 0.25) is 0 Å². The molecule has 0 aliphatic rings. The number of hydrogen-bond acceptors (Lipinski definition) is 11. The van der Waals surface area contributed by atoms with Crippen molar-refractivity contribution in [3.05, 3.63) is 11.9 Å². The van der Waals surface area contributed by atoms with Gasteiger partial charge >= 0.3 is 0 Å². The Morgan fingerprint density at radius 3 is 1.34 bits per heavy atom. The summed E-state index contributed by atoms with van der Waals surface area (Å²) in [6.07, 6.45) is 1.69. The third-order valence-corrected chi connectivity index (χ3v) is 3.88. The van der Waals surface area contributed by atoms with Crippen LogP contribution in [0.3, 0.4) is 0 Å². The fraction of sp³-hybridized carbons (Fsp3) is 0.900. The first-order valence-electron chi connectivity index (χ1n) is 10.9. The summed E-state index contributed by atoms with van der Waals surface area (Å²) in [6, 6.07) is 0. The first-order chi connectivity index (χ1) is 15.9. The Labute approximate surface area is 189 Å². The lowest BCUT2D eigenvalue weighted by molar-refractivity contribution is -0.0223. The molecule has 0 radical (unpaired) electrons. The summed E-state index contributed by atoms with van der Waals surface area (Å²) in [4.78, 5) is 0. The van der Waals surface area contributed by atoms with Gasteiger partial charge in [-0.15, -0.1) is 5.10 Å². The Kier molecular flexibility index (Phi) is 20.7. The predicted octanol–water partition coefficient (Wildman–Crippen LogP) is -0.467. The van der Waals surface area contributed by atoms with E-state index in [2.05, 4.69) is 10.3 Å². The fourth-order valence-electron chi connectivity index (χ4n) is 2.24. The number of aliphatic hydroxyl groups excluding tert-OH is 1. The summed E-state index contributed by atoms with van der Waals surface area (Å²) in [5.41, 5.74) is 0.546. The Morgan fingerprint density at radius 2 is 1.00 bits per heavy atom. The monoisotopic (exact) mass is 465 g/mol. The van der Waals surface area contributed by atoms with Crippen molar-refractivity contribution in [2.24, 2.45) is 0 Å². The van der Waals surface area contributed by atoms with E-state index in [4.69, 9.17) is 43.0 Å².